The summed E-state index contributed by atoms with van der Waals surface area (Å²) in [5.74, 6) is 2.21. The molecule has 2 aromatic heterocycles. The lowest BCUT2D eigenvalue weighted by Gasteiger charge is -2.14. The summed E-state index contributed by atoms with van der Waals surface area (Å²) in [4.78, 5) is 13.5. The topological polar surface area (TPSA) is 72.0 Å². The standard InChI is InChI=1S/C21H25N5O/c1-4-15(2)24-21-25-19(17-8-6-10-22-14-17)12-20(26-21)23-13-16-7-5-9-18(11-16)27-3/h5-12,14-15H,4,13H2,1-3H3,(H2,23,24,25,26)/t15-/m1/s1. The van der Waals surface area contributed by atoms with Crippen LogP contribution >= 0.6 is 0 Å². The van der Waals surface area contributed by atoms with Gasteiger partial charge in [0.15, 0.2) is 0 Å². The Morgan fingerprint density at radius 3 is 2.74 bits per heavy atom. The summed E-state index contributed by atoms with van der Waals surface area (Å²) in [5.41, 5.74) is 2.90. The number of ether oxygens (including phenoxy) is 1. The van der Waals surface area contributed by atoms with E-state index < -0.39 is 0 Å². The number of hydrogen-bond donors (Lipinski definition) is 2. The highest BCUT2D eigenvalue weighted by Crippen LogP contribution is 2.22. The summed E-state index contributed by atoms with van der Waals surface area (Å²) in [6, 6.07) is 14.1. The zero-order valence-corrected chi connectivity index (χ0v) is 15.9. The van der Waals surface area contributed by atoms with E-state index in [1.165, 1.54) is 0 Å². The van der Waals surface area contributed by atoms with Crippen LogP contribution < -0.4 is 15.4 Å². The first-order valence-electron chi connectivity index (χ1n) is 9.10. The van der Waals surface area contributed by atoms with Gasteiger partial charge in [-0.3, -0.25) is 4.98 Å². The summed E-state index contributed by atoms with van der Waals surface area (Å²) in [5, 5.41) is 6.74. The number of anilines is 2. The Morgan fingerprint density at radius 1 is 1.11 bits per heavy atom. The fourth-order valence-corrected chi connectivity index (χ4v) is 2.56. The minimum absolute atomic E-state index is 0.292. The van der Waals surface area contributed by atoms with Crippen molar-refractivity contribution < 1.29 is 4.74 Å². The Morgan fingerprint density at radius 2 is 2.00 bits per heavy atom. The molecule has 0 amide bonds. The molecule has 2 N–H and O–H groups in total. The highest BCUT2D eigenvalue weighted by molar-refractivity contribution is 5.63. The van der Waals surface area contributed by atoms with Gasteiger partial charge in [-0.1, -0.05) is 19.1 Å². The number of benzene rings is 1. The SMILES string of the molecule is CC[C@@H](C)Nc1nc(NCc2cccc(OC)c2)cc(-c2cccnc2)n1. The lowest BCUT2D eigenvalue weighted by Crippen LogP contribution is -2.16. The third kappa shape index (κ3) is 5.17. The number of pyridine rings is 1. The van der Waals surface area contributed by atoms with Crippen molar-refractivity contribution in [3.63, 3.8) is 0 Å². The molecule has 0 fully saturated rings. The van der Waals surface area contributed by atoms with Crippen LogP contribution in [0.1, 0.15) is 25.8 Å². The molecule has 0 saturated heterocycles. The van der Waals surface area contributed by atoms with E-state index in [1.807, 2.05) is 36.4 Å². The molecule has 3 rings (SSSR count). The summed E-state index contributed by atoms with van der Waals surface area (Å²) >= 11 is 0. The van der Waals surface area contributed by atoms with E-state index >= 15 is 0 Å². The third-order valence-corrected chi connectivity index (χ3v) is 4.28. The monoisotopic (exact) mass is 363 g/mol. The molecule has 0 spiro atoms. The molecule has 0 aliphatic heterocycles. The molecule has 0 aliphatic carbocycles. The van der Waals surface area contributed by atoms with Crippen molar-refractivity contribution >= 4 is 11.8 Å². The maximum atomic E-state index is 5.29. The molecule has 6 heteroatoms. The highest BCUT2D eigenvalue weighted by Gasteiger charge is 2.09. The van der Waals surface area contributed by atoms with Crippen LogP contribution in [0.5, 0.6) is 5.75 Å². The van der Waals surface area contributed by atoms with Gasteiger partial charge in [0.2, 0.25) is 5.95 Å². The van der Waals surface area contributed by atoms with Gasteiger partial charge in [-0.25, -0.2) is 4.98 Å². The van der Waals surface area contributed by atoms with E-state index in [1.54, 1.807) is 19.5 Å². The minimum atomic E-state index is 0.292. The van der Waals surface area contributed by atoms with E-state index in [-0.39, 0.29) is 0 Å². The van der Waals surface area contributed by atoms with Crippen LogP contribution in [-0.4, -0.2) is 28.1 Å². The van der Waals surface area contributed by atoms with Crippen LogP contribution in [0.3, 0.4) is 0 Å². The minimum Gasteiger partial charge on any atom is -0.497 e. The number of aromatic nitrogens is 3. The predicted molar refractivity (Wildman–Crippen MR) is 109 cm³/mol. The average molecular weight is 363 g/mol. The van der Waals surface area contributed by atoms with Gasteiger partial charge in [0.25, 0.3) is 0 Å². The zero-order valence-electron chi connectivity index (χ0n) is 15.9. The summed E-state index contributed by atoms with van der Waals surface area (Å²) < 4.78 is 5.29. The molecule has 1 aromatic carbocycles. The van der Waals surface area contributed by atoms with E-state index in [0.29, 0.717) is 18.5 Å². The number of nitrogens with one attached hydrogen (secondary N) is 2. The number of nitrogens with zero attached hydrogens (tertiary/aromatic N) is 3. The summed E-state index contributed by atoms with van der Waals surface area (Å²) in [6.45, 7) is 4.89. The number of methoxy groups -OCH3 is 1. The molecule has 0 unspecified atom stereocenters. The first-order chi connectivity index (χ1) is 13.2. The molecule has 0 bridgehead atoms. The van der Waals surface area contributed by atoms with E-state index in [0.717, 1.165) is 34.8 Å². The van der Waals surface area contributed by atoms with Gasteiger partial charge in [0, 0.05) is 36.6 Å². The lowest BCUT2D eigenvalue weighted by atomic mass is 10.2. The van der Waals surface area contributed by atoms with Crippen molar-refractivity contribution in [2.45, 2.75) is 32.9 Å². The second-order valence-corrected chi connectivity index (χ2v) is 6.36. The summed E-state index contributed by atoms with van der Waals surface area (Å²) in [6.07, 6.45) is 4.55. The average Bonchev–Trinajstić information content (AvgIpc) is 2.72. The van der Waals surface area contributed by atoms with Gasteiger partial charge in [-0.05, 0) is 43.2 Å². The normalized spacial score (nSPS) is 11.7. The molecule has 0 saturated carbocycles. The second kappa shape index (κ2) is 8.98. The van der Waals surface area contributed by atoms with Gasteiger partial charge in [0.1, 0.15) is 11.6 Å². The van der Waals surface area contributed by atoms with Crippen LogP contribution in [0.15, 0.2) is 54.9 Å². The Balaban J connectivity index is 1.85. The van der Waals surface area contributed by atoms with Crippen molar-refractivity contribution in [3.05, 3.63) is 60.4 Å². The second-order valence-electron chi connectivity index (χ2n) is 6.36. The fraction of sp³-hybridized carbons (Fsp3) is 0.286. The van der Waals surface area contributed by atoms with Crippen molar-refractivity contribution in [2.75, 3.05) is 17.7 Å². The first kappa shape index (κ1) is 18.6. The van der Waals surface area contributed by atoms with Gasteiger partial charge in [-0.15, -0.1) is 0 Å². The van der Waals surface area contributed by atoms with Crippen molar-refractivity contribution in [2.24, 2.45) is 0 Å². The molecular weight excluding hydrogens is 338 g/mol. The highest BCUT2D eigenvalue weighted by atomic mass is 16.5. The Bertz CT molecular complexity index is 869. The molecule has 0 radical (unpaired) electrons. The molecular formula is C21H25N5O. The largest absolute Gasteiger partial charge is 0.497 e. The summed E-state index contributed by atoms with van der Waals surface area (Å²) in [7, 11) is 1.67. The smallest absolute Gasteiger partial charge is 0.225 e. The van der Waals surface area contributed by atoms with E-state index in [2.05, 4.69) is 45.5 Å². The Kier molecular flexibility index (Phi) is 6.20. The first-order valence-corrected chi connectivity index (χ1v) is 9.10. The number of rotatable bonds is 8. The van der Waals surface area contributed by atoms with Gasteiger partial charge in [0.05, 0.1) is 12.8 Å². The van der Waals surface area contributed by atoms with Crippen LogP contribution in [0.2, 0.25) is 0 Å². The lowest BCUT2D eigenvalue weighted by molar-refractivity contribution is 0.414. The van der Waals surface area contributed by atoms with E-state index in [4.69, 9.17) is 4.74 Å². The van der Waals surface area contributed by atoms with Crippen LogP contribution in [0.25, 0.3) is 11.3 Å². The molecule has 2 heterocycles. The molecule has 6 nitrogen and oxygen atoms in total. The van der Waals surface area contributed by atoms with Gasteiger partial charge < -0.3 is 15.4 Å². The quantitative estimate of drug-likeness (QED) is 0.619. The maximum absolute atomic E-state index is 5.29. The molecule has 1 atom stereocenters. The van der Waals surface area contributed by atoms with Gasteiger partial charge >= 0.3 is 0 Å². The van der Waals surface area contributed by atoms with Crippen LogP contribution in [0.4, 0.5) is 11.8 Å². The van der Waals surface area contributed by atoms with Crippen molar-refractivity contribution in [1.82, 2.24) is 15.0 Å². The fourth-order valence-electron chi connectivity index (χ4n) is 2.56. The molecule has 3 aromatic rings. The Labute approximate surface area is 160 Å². The Hall–Kier alpha value is -3.15. The molecule has 27 heavy (non-hydrogen) atoms. The third-order valence-electron chi connectivity index (χ3n) is 4.28. The van der Waals surface area contributed by atoms with Crippen LogP contribution in [-0.2, 0) is 6.54 Å². The van der Waals surface area contributed by atoms with Crippen molar-refractivity contribution in [1.29, 1.82) is 0 Å². The molecule has 0 aliphatic rings. The maximum Gasteiger partial charge on any atom is 0.225 e. The number of hydrogen-bond acceptors (Lipinski definition) is 6. The molecule has 140 valence electrons. The van der Waals surface area contributed by atoms with E-state index in [9.17, 15) is 0 Å². The van der Waals surface area contributed by atoms with Gasteiger partial charge in [-0.2, -0.15) is 4.98 Å². The van der Waals surface area contributed by atoms with Crippen LogP contribution in [0, 0.1) is 0 Å². The van der Waals surface area contributed by atoms with Crippen molar-refractivity contribution in [3.8, 4) is 17.0 Å². The zero-order chi connectivity index (χ0) is 19.1. The predicted octanol–water partition coefficient (Wildman–Crippen LogP) is 4.37.